The smallest absolute Gasteiger partial charge is 0.338 e. The van der Waals surface area contributed by atoms with Crippen molar-refractivity contribution in [2.45, 2.75) is 44.5 Å². The summed E-state index contributed by atoms with van der Waals surface area (Å²) in [5, 5.41) is 27.0. The van der Waals surface area contributed by atoms with E-state index in [2.05, 4.69) is 10.4 Å². The highest BCUT2D eigenvalue weighted by Gasteiger charge is 2.33. The molecule has 3 N–H and O–H groups in total. The number of nitrogens with zero attached hydrogens (tertiary/aromatic N) is 2. The number of benzene rings is 1. The van der Waals surface area contributed by atoms with Crippen molar-refractivity contribution in [1.29, 1.82) is 0 Å². The van der Waals surface area contributed by atoms with Crippen molar-refractivity contribution in [2.75, 3.05) is 13.2 Å². The highest BCUT2D eigenvalue weighted by Crippen LogP contribution is 2.34. The van der Waals surface area contributed by atoms with Crippen molar-refractivity contribution in [3.8, 4) is 11.5 Å². The second-order valence-electron chi connectivity index (χ2n) is 7.44. The summed E-state index contributed by atoms with van der Waals surface area (Å²) in [5.74, 6) is 0.816. The van der Waals surface area contributed by atoms with Crippen LogP contribution in [-0.2, 0) is 13.1 Å². The lowest BCUT2D eigenvalue weighted by Gasteiger charge is -2.18. The highest BCUT2D eigenvalue weighted by molar-refractivity contribution is 5.86. The number of nitrogens with one attached hydrogen (secondary N) is 1. The molecule has 0 radical (unpaired) electrons. The van der Waals surface area contributed by atoms with Crippen LogP contribution in [-0.4, -0.2) is 51.3 Å². The van der Waals surface area contributed by atoms with Crippen molar-refractivity contribution in [1.82, 2.24) is 15.1 Å². The SMILES string of the molecule is O=C(O)c1cnn(CC2C[C@@H](O)[C@H](NCc3cccc4c3OCCCO4)C2)c1. The van der Waals surface area contributed by atoms with E-state index in [0.717, 1.165) is 29.9 Å². The Morgan fingerprint density at radius 2 is 2.14 bits per heavy atom. The predicted octanol–water partition coefficient (Wildman–Crippen LogP) is 1.67. The van der Waals surface area contributed by atoms with Crippen LogP contribution in [0.1, 0.15) is 35.2 Å². The van der Waals surface area contributed by atoms with Gasteiger partial charge < -0.3 is 25.0 Å². The van der Waals surface area contributed by atoms with Gasteiger partial charge in [-0.05, 0) is 24.8 Å². The molecule has 1 saturated carbocycles. The van der Waals surface area contributed by atoms with Gasteiger partial charge in [-0.3, -0.25) is 4.68 Å². The third-order valence-corrected chi connectivity index (χ3v) is 5.36. The van der Waals surface area contributed by atoms with Crippen molar-refractivity contribution >= 4 is 5.97 Å². The topological polar surface area (TPSA) is 106 Å². The molecule has 2 heterocycles. The Morgan fingerprint density at radius 3 is 2.96 bits per heavy atom. The molecule has 1 aromatic carbocycles. The van der Waals surface area contributed by atoms with E-state index in [-0.39, 0.29) is 17.5 Å². The minimum absolute atomic E-state index is 0.0259. The maximum atomic E-state index is 11.0. The molecule has 8 nitrogen and oxygen atoms in total. The Kier molecular flexibility index (Phi) is 5.50. The van der Waals surface area contributed by atoms with Crippen LogP contribution in [0.2, 0.25) is 0 Å². The number of fused-ring (bicyclic) bond motifs is 1. The molecular formula is C20H25N3O5. The van der Waals surface area contributed by atoms with Gasteiger partial charge in [0.1, 0.15) is 0 Å². The number of para-hydroxylation sites is 1. The van der Waals surface area contributed by atoms with Crippen LogP contribution in [0.15, 0.2) is 30.6 Å². The maximum absolute atomic E-state index is 11.0. The number of rotatable bonds is 6. The van der Waals surface area contributed by atoms with Gasteiger partial charge in [-0.2, -0.15) is 5.10 Å². The first-order valence-corrected chi connectivity index (χ1v) is 9.65. The minimum Gasteiger partial charge on any atom is -0.490 e. The normalized spacial score (nSPS) is 24.1. The zero-order valence-electron chi connectivity index (χ0n) is 15.6. The van der Waals surface area contributed by atoms with Gasteiger partial charge in [0.25, 0.3) is 0 Å². The first kappa shape index (κ1) is 18.8. The number of hydrogen-bond donors (Lipinski definition) is 3. The molecule has 2 aromatic rings. The molecule has 1 fully saturated rings. The van der Waals surface area contributed by atoms with Gasteiger partial charge in [-0.25, -0.2) is 4.79 Å². The molecule has 8 heteroatoms. The third-order valence-electron chi connectivity index (χ3n) is 5.36. The molecule has 1 aromatic heterocycles. The van der Waals surface area contributed by atoms with Gasteiger partial charge in [0.05, 0.1) is 31.1 Å². The Balaban J connectivity index is 1.35. The predicted molar refractivity (Wildman–Crippen MR) is 101 cm³/mol. The van der Waals surface area contributed by atoms with Crippen LogP contribution < -0.4 is 14.8 Å². The summed E-state index contributed by atoms with van der Waals surface area (Å²) in [6.07, 6.45) is 4.77. The quantitative estimate of drug-likeness (QED) is 0.692. The van der Waals surface area contributed by atoms with Crippen LogP contribution in [0, 0.1) is 5.92 Å². The second kappa shape index (κ2) is 8.20. The number of carboxylic acid groups (broad SMARTS) is 1. The van der Waals surface area contributed by atoms with Crippen molar-refractivity contribution in [2.24, 2.45) is 5.92 Å². The summed E-state index contributed by atoms with van der Waals surface area (Å²) in [4.78, 5) is 11.0. The zero-order valence-corrected chi connectivity index (χ0v) is 15.6. The molecule has 2 aliphatic rings. The fourth-order valence-corrected chi connectivity index (χ4v) is 3.96. The van der Waals surface area contributed by atoms with Crippen LogP contribution in [0.25, 0.3) is 0 Å². The van der Waals surface area contributed by atoms with Crippen LogP contribution in [0.3, 0.4) is 0 Å². The van der Waals surface area contributed by atoms with E-state index in [1.54, 1.807) is 4.68 Å². The van der Waals surface area contributed by atoms with Gasteiger partial charge in [-0.1, -0.05) is 12.1 Å². The van der Waals surface area contributed by atoms with Crippen LogP contribution in [0.5, 0.6) is 11.5 Å². The zero-order chi connectivity index (χ0) is 19.5. The Labute approximate surface area is 163 Å². The summed E-state index contributed by atoms with van der Waals surface area (Å²) in [7, 11) is 0. The summed E-state index contributed by atoms with van der Waals surface area (Å²) in [6, 6.07) is 5.86. The number of hydrogen-bond acceptors (Lipinski definition) is 6. The Bertz CT molecular complexity index is 837. The monoisotopic (exact) mass is 387 g/mol. The molecule has 0 saturated heterocycles. The number of aromatic carboxylic acids is 1. The first-order chi connectivity index (χ1) is 13.6. The van der Waals surface area contributed by atoms with Gasteiger partial charge >= 0.3 is 5.97 Å². The molecule has 0 spiro atoms. The summed E-state index contributed by atoms with van der Waals surface area (Å²) in [5.41, 5.74) is 1.20. The molecule has 1 unspecified atom stereocenters. The fraction of sp³-hybridized carbons (Fsp3) is 0.500. The summed E-state index contributed by atoms with van der Waals surface area (Å²) < 4.78 is 13.2. The van der Waals surface area contributed by atoms with Crippen LogP contribution >= 0.6 is 0 Å². The second-order valence-corrected chi connectivity index (χ2v) is 7.44. The number of aliphatic hydroxyl groups is 1. The molecule has 1 aliphatic heterocycles. The van der Waals surface area contributed by atoms with E-state index < -0.39 is 12.1 Å². The maximum Gasteiger partial charge on any atom is 0.338 e. The van der Waals surface area contributed by atoms with Crippen molar-refractivity contribution < 1.29 is 24.5 Å². The number of carboxylic acids is 1. The number of aliphatic hydroxyl groups excluding tert-OH is 1. The number of ether oxygens (including phenoxy) is 2. The first-order valence-electron chi connectivity index (χ1n) is 9.65. The van der Waals surface area contributed by atoms with E-state index in [4.69, 9.17) is 14.6 Å². The third kappa shape index (κ3) is 4.13. The lowest BCUT2D eigenvalue weighted by Crippen LogP contribution is -2.35. The average molecular weight is 387 g/mol. The largest absolute Gasteiger partial charge is 0.490 e. The molecule has 28 heavy (non-hydrogen) atoms. The average Bonchev–Trinajstić information content (AvgIpc) is 3.19. The highest BCUT2D eigenvalue weighted by atomic mass is 16.5. The minimum atomic E-state index is -0.981. The van der Waals surface area contributed by atoms with Gasteiger partial charge in [0.2, 0.25) is 0 Å². The molecule has 4 rings (SSSR count). The van der Waals surface area contributed by atoms with Gasteiger partial charge in [0, 0.05) is 37.3 Å². The van der Waals surface area contributed by atoms with E-state index in [1.165, 1.54) is 12.4 Å². The van der Waals surface area contributed by atoms with E-state index in [1.807, 2.05) is 18.2 Å². The standard InChI is InChI=1S/C20H25N3O5/c24-17-8-13(11-23-12-15(10-22-23)20(25)26)7-16(17)21-9-14-3-1-4-18-19(14)28-6-2-5-27-18/h1,3-4,10,12-13,16-17,21,24H,2,5-9,11H2,(H,25,26)/t13?,16-,17-/m1/s1. The summed E-state index contributed by atoms with van der Waals surface area (Å²) >= 11 is 0. The van der Waals surface area contributed by atoms with E-state index in [0.29, 0.717) is 32.7 Å². The molecule has 150 valence electrons. The summed E-state index contributed by atoms with van der Waals surface area (Å²) in [6.45, 7) is 2.48. The molecule has 3 atom stereocenters. The van der Waals surface area contributed by atoms with Crippen molar-refractivity contribution in [3.05, 3.63) is 41.7 Å². The van der Waals surface area contributed by atoms with Gasteiger partial charge in [-0.15, -0.1) is 0 Å². The lowest BCUT2D eigenvalue weighted by atomic mass is 10.1. The van der Waals surface area contributed by atoms with Gasteiger partial charge in [0.15, 0.2) is 11.5 Å². The number of aromatic nitrogens is 2. The Morgan fingerprint density at radius 1 is 1.29 bits per heavy atom. The van der Waals surface area contributed by atoms with Crippen molar-refractivity contribution in [3.63, 3.8) is 0 Å². The number of carbonyl (C=O) groups is 1. The molecule has 0 bridgehead atoms. The molecule has 1 aliphatic carbocycles. The fourth-order valence-electron chi connectivity index (χ4n) is 3.96. The molecule has 0 amide bonds. The Hall–Kier alpha value is -2.58. The molecular weight excluding hydrogens is 362 g/mol. The van der Waals surface area contributed by atoms with E-state index in [9.17, 15) is 9.90 Å². The van der Waals surface area contributed by atoms with E-state index >= 15 is 0 Å². The lowest BCUT2D eigenvalue weighted by molar-refractivity contribution is 0.0696. The van der Waals surface area contributed by atoms with Crippen LogP contribution in [0.4, 0.5) is 0 Å².